The Morgan fingerprint density at radius 3 is 3.00 bits per heavy atom. The average Bonchev–Trinajstić information content (AvgIpc) is 3.03. The number of benzene rings is 1. The van der Waals surface area contributed by atoms with E-state index in [1.807, 2.05) is 11.0 Å². The lowest BCUT2D eigenvalue weighted by Crippen LogP contribution is -2.39. The summed E-state index contributed by atoms with van der Waals surface area (Å²) in [5, 5.41) is 4.24. The molecule has 2 aromatic rings. The highest BCUT2D eigenvalue weighted by Crippen LogP contribution is 2.32. The Labute approximate surface area is 135 Å². The molecular weight excluding hydrogens is 293 g/mol. The van der Waals surface area contributed by atoms with Gasteiger partial charge in [-0.05, 0) is 49.4 Å². The largest absolute Gasteiger partial charge is 0.330 e. The number of aromatic nitrogens is 2. The van der Waals surface area contributed by atoms with E-state index in [2.05, 4.69) is 12.0 Å². The van der Waals surface area contributed by atoms with Gasteiger partial charge in [-0.15, -0.1) is 0 Å². The van der Waals surface area contributed by atoms with Gasteiger partial charge in [0.2, 0.25) is 0 Å². The molecular formula is C18H22FN3O. The van der Waals surface area contributed by atoms with E-state index in [1.165, 1.54) is 6.07 Å². The Morgan fingerprint density at radius 1 is 1.35 bits per heavy atom. The van der Waals surface area contributed by atoms with Gasteiger partial charge in [-0.2, -0.15) is 5.10 Å². The maximum absolute atomic E-state index is 13.6. The van der Waals surface area contributed by atoms with Gasteiger partial charge >= 0.3 is 0 Å². The molecule has 1 aromatic carbocycles. The van der Waals surface area contributed by atoms with E-state index in [4.69, 9.17) is 0 Å². The third kappa shape index (κ3) is 3.28. The summed E-state index contributed by atoms with van der Waals surface area (Å²) in [5.74, 6) is -0.263. The summed E-state index contributed by atoms with van der Waals surface area (Å²) in [6, 6.07) is 8.31. The van der Waals surface area contributed by atoms with Crippen molar-refractivity contribution in [3.63, 3.8) is 0 Å². The molecule has 1 aliphatic rings. The number of piperidine rings is 1. The topological polar surface area (TPSA) is 38.1 Å². The summed E-state index contributed by atoms with van der Waals surface area (Å²) in [7, 11) is 0. The highest BCUT2D eigenvalue weighted by atomic mass is 19.1. The fourth-order valence-corrected chi connectivity index (χ4v) is 3.29. The molecule has 0 bridgehead atoms. The predicted octanol–water partition coefficient (Wildman–Crippen LogP) is 3.80. The molecule has 1 atom stereocenters. The fraction of sp³-hybridized carbons (Fsp3) is 0.444. The molecule has 1 aromatic heterocycles. The molecule has 1 unspecified atom stereocenters. The number of carbonyl (C=O) groups excluding carboxylic acids is 1. The Morgan fingerprint density at radius 2 is 2.22 bits per heavy atom. The van der Waals surface area contributed by atoms with Gasteiger partial charge in [0.25, 0.3) is 5.91 Å². The minimum absolute atomic E-state index is 0.00934. The van der Waals surface area contributed by atoms with Gasteiger partial charge in [0.15, 0.2) is 0 Å². The molecule has 23 heavy (non-hydrogen) atoms. The van der Waals surface area contributed by atoms with Gasteiger partial charge in [0.1, 0.15) is 11.5 Å². The van der Waals surface area contributed by atoms with Crippen molar-refractivity contribution in [1.82, 2.24) is 14.7 Å². The molecule has 1 amide bonds. The standard InChI is InChI=1S/C18H22FN3O/c1-2-11-22-17(9-10-20-22)18(23)21-12-4-3-8-16(21)14-6-5-7-15(19)13-14/h5-7,9-10,13,16H,2-4,8,11-12H2,1H3. The molecule has 0 radical (unpaired) electrons. The number of carbonyl (C=O) groups is 1. The summed E-state index contributed by atoms with van der Waals surface area (Å²) in [4.78, 5) is 14.9. The highest BCUT2D eigenvalue weighted by Gasteiger charge is 2.30. The quantitative estimate of drug-likeness (QED) is 0.860. The first-order valence-electron chi connectivity index (χ1n) is 8.29. The second-order valence-corrected chi connectivity index (χ2v) is 6.00. The fourth-order valence-electron chi connectivity index (χ4n) is 3.29. The lowest BCUT2D eigenvalue weighted by molar-refractivity contribution is 0.0598. The molecule has 1 saturated heterocycles. The molecule has 122 valence electrons. The Bertz CT molecular complexity index is 682. The van der Waals surface area contributed by atoms with Gasteiger partial charge in [0.05, 0.1) is 6.04 Å². The third-order valence-corrected chi connectivity index (χ3v) is 4.37. The summed E-state index contributed by atoms with van der Waals surface area (Å²) < 4.78 is 15.3. The van der Waals surface area contributed by atoms with E-state index in [-0.39, 0.29) is 17.8 Å². The Kier molecular flexibility index (Phi) is 4.74. The number of halogens is 1. The number of hydrogen-bond acceptors (Lipinski definition) is 2. The molecule has 5 heteroatoms. The first-order valence-corrected chi connectivity index (χ1v) is 8.29. The first-order chi connectivity index (χ1) is 11.2. The van der Waals surface area contributed by atoms with Crippen LogP contribution >= 0.6 is 0 Å². The van der Waals surface area contributed by atoms with Crippen molar-refractivity contribution < 1.29 is 9.18 Å². The molecule has 0 saturated carbocycles. The molecule has 4 nitrogen and oxygen atoms in total. The van der Waals surface area contributed by atoms with Gasteiger partial charge < -0.3 is 4.90 Å². The second-order valence-electron chi connectivity index (χ2n) is 6.00. The third-order valence-electron chi connectivity index (χ3n) is 4.37. The number of aryl methyl sites for hydroxylation is 1. The van der Waals surface area contributed by atoms with Crippen LogP contribution in [0.5, 0.6) is 0 Å². The van der Waals surface area contributed by atoms with E-state index in [1.54, 1.807) is 29.1 Å². The van der Waals surface area contributed by atoms with Crippen LogP contribution in [0, 0.1) is 5.82 Å². The minimum atomic E-state index is -0.253. The van der Waals surface area contributed by atoms with Crippen LogP contribution in [0.2, 0.25) is 0 Å². The summed E-state index contributed by atoms with van der Waals surface area (Å²) in [6.45, 7) is 3.50. The molecule has 1 fully saturated rings. The SMILES string of the molecule is CCCn1nccc1C(=O)N1CCCCC1c1cccc(F)c1. The number of hydrogen-bond donors (Lipinski definition) is 0. The average molecular weight is 315 g/mol. The normalized spacial score (nSPS) is 18.2. The van der Waals surface area contributed by atoms with Crippen LogP contribution in [0.4, 0.5) is 4.39 Å². The van der Waals surface area contributed by atoms with Crippen LogP contribution in [0.3, 0.4) is 0 Å². The minimum Gasteiger partial charge on any atom is -0.330 e. The smallest absolute Gasteiger partial charge is 0.272 e. The van der Waals surface area contributed by atoms with Crippen molar-refractivity contribution in [3.05, 3.63) is 53.6 Å². The van der Waals surface area contributed by atoms with Crippen LogP contribution in [-0.4, -0.2) is 27.1 Å². The Balaban J connectivity index is 1.89. The van der Waals surface area contributed by atoms with Gasteiger partial charge in [-0.25, -0.2) is 4.39 Å². The summed E-state index contributed by atoms with van der Waals surface area (Å²) in [6.07, 6.45) is 5.51. The van der Waals surface area contributed by atoms with E-state index >= 15 is 0 Å². The van der Waals surface area contributed by atoms with Crippen LogP contribution in [0.1, 0.15) is 54.7 Å². The van der Waals surface area contributed by atoms with E-state index in [0.717, 1.165) is 37.8 Å². The lowest BCUT2D eigenvalue weighted by Gasteiger charge is -2.36. The van der Waals surface area contributed by atoms with Crippen LogP contribution < -0.4 is 0 Å². The van der Waals surface area contributed by atoms with Gasteiger partial charge in [-0.3, -0.25) is 9.48 Å². The number of likely N-dealkylation sites (tertiary alicyclic amines) is 1. The molecule has 2 heterocycles. The summed E-state index contributed by atoms with van der Waals surface area (Å²) >= 11 is 0. The zero-order valence-corrected chi connectivity index (χ0v) is 13.4. The van der Waals surface area contributed by atoms with Crippen LogP contribution in [0.15, 0.2) is 36.5 Å². The number of rotatable bonds is 4. The molecule has 1 aliphatic heterocycles. The monoisotopic (exact) mass is 315 g/mol. The second kappa shape index (κ2) is 6.94. The maximum atomic E-state index is 13.6. The zero-order valence-electron chi connectivity index (χ0n) is 13.4. The highest BCUT2D eigenvalue weighted by molar-refractivity contribution is 5.92. The van der Waals surface area contributed by atoms with Crippen molar-refractivity contribution >= 4 is 5.91 Å². The maximum Gasteiger partial charge on any atom is 0.272 e. The summed E-state index contributed by atoms with van der Waals surface area (Å²) in [5.41, 5.74) is 1.50. The van der Waals surface area contributed by atoms with Crippen molar-refractivity contribution in [1.29, 1.82) is 0 Å². The number of amides is 1. The zero-order chi connectivity index (χ0) is 16.2. The van der Waals surface area contributed by atoms with E-state index in [0.29, 0.717) is 12.2 Å². The van der Waals surface area contributed by atoms with Crippen LogP contribution in [0.25, 0.3) is 0 Å². The first kappa shape index (κ1) is 15.7. The number of nitrogens with zero attached hydrogens (tertiary/aromatic N) is 3. The van der Waals surface area contributed by atoms with Crippen molar-refractivity contribution in [2.45, 2.75) is 45.2 Å². The van der Waals surface area contributed by atoms with Crippen LogP contribution in [-0.2, 0) is 6.54 Å². The predicted molar refractivity (Wildman–Crippen MR) is 86.5 cm³/mol. The van der Waals surface area contributed by atoms with Gasteiger partial charge in [0, 0.05) is 19.3 Å². The van der Waals surface area contributed by atoms with Gasteiger partial charge in [-0.1, -0.05) is 19.1 Å². The van der Waals surface area contributed by atoms with Crippen molar-refractivity contribution in [2.75, 3.05) is 6.54 Å². The molecule has 0 spiro atoms. The van der Waals surface area contributed by atoms with Crippen molar-refractivity contribution in [3.8, 4) is 0 Å². The molecule has 0 N–H and O–H groups in total. The van der Waals surface area contributed by atoms with E-state index in [9.17, 15) is 9.18 Å². The lowest BCUT2D eigenvalue weighted by atomic mass is 9.95. The molecule has 3 rings (SSSR count). The van der Waals surface area contributed by atoms with Crippen molar-refractivity contribution in [2.24, 2.45) is 0 Å². The molecule has 0 aliphatic carbocycles. The van der Waals surface area contributed by atoms with E-state index < -0.39 is 0 Å². The Hall–Kier alpha value is -2.17.